The van der Waals surface area contributed by atoms with Gasteiger partial charge in [0, 0.05) is 0 Å². The van der Waals surface area contributed by atoms with Crippen molar-refractivity contribution in [1.82, 2.24) is 0 Å². The van der Waals surface area contributed by atoms with Gasteiger partial charge < -0.3 is 0 Å². The first-order valence-corrected chi connectivity index (χ1v) is 13.2. The van der Waals surface area contributed by atoms with E-state index >= 15 is 0 Å². The fourth-order valence-electron chi connectivity index (χ4n) is 0.465. The van der Waals surface area contributed by atoms with Crippen LogP contribution in [0.5, 0.6) is 0 Å². The van der Waals surface area contributed by atoms with Crippen LogP contribution in [0.15, 0.2) is 22.4 Å². The molecule has 0 unspecified atom stereocenters. The molecule has 1 aliphatic rings. The van der Waals surface area contributed by atoms with Gasteiger partial charge in [0.25, 0.3) is 0 Å². The first kappa shape index (κ1) is 18.6. The normalized spacial score (nSPS) is 13.3. The van der Waals surface area contributed by atoms with Gasteiger partial charge in [-0.2, -0.15) is 0 Å². The molecular weight excluding hydrogens is 331 g/mol. The Morgan fingerprint density at radius 3 is 1.60 bits per heavy atom. The van der Waals surface area contributed by atoms with E-state index in [-0.39, 0.29) is 16.1 Å². The summed E-state index contributed by atoms with van der Waals surface area (Å²) in [5, 5.41) is 0. The van der Waals surface area contributed by atoms with Gasteiger partial charge in [-0.25, -0.2) is 0 Å². The van der Waals surface area contributed by atoms with Crippen molar-refractivity contribution in [3.8, 4) is 0 Å². The summed E-state index contributed by atoms with van der Waals surface area (Å²) in [6, 6.07) is 0. The van der Waals surface area contributed by atoms with Gasteiger partial charge in [-0.15, -0.1) is 15.8 Å². The number of hydrogen-bond acceptors (Lipinski definition) is 0. The van der Waals surface area contributed by atoms with Crippen molar-refractivity contribution < 1.29 is 16.1 Å². The van der Waals surface area contributed by atoms with E-state index in [1.807, 2.05) is 0 Å². The molecule has 0 bridgehead atoms. The van der Waals surface area contributed by atoms with Crippen LogP contribution in [0.4, 0.5) is 0 Å². The van der Waals surface area contributed by atoms with Gasteiger partial charge in [0.2, 0.25) is 0 Å². The number of halogens is 1. The Bertz CT molecular complexity index is 178. The summed E-state index contributed by atoms with van der Waals surface area (Å²) < 4.78 is 1.41. The van der Waals surface area contributed by atoms with E-state index in [1.54, 1.807) is 0 Å². The van der Waals surface area contributed by atoms with Gasteiger partial charge in [-0.05, 0) is 40.0 Å². The van der Waals surface area contributed by atoms with Crippen LogP contribution in [-0.4, -0.2) is 40.0 Å². The molecule has 1 rings (SSSR count). The molecule has 15 heavy (non-hydrogen) atoms. The summed E-state index contributed by atoms with van der Waals surface area (Å²) in [5.74, 6) is 0. The predicted octanol–water partition coefficient (Wildman–Crippen LogP) is 4.78. The standard InChI is InChI=1S/C5H5.2C3H9P.ClH.Ru/c1-2-4-5-3-1;2*1-4(2)3;;/h1-3H,4H2;2*1-3H3;1H;/q;;;;+1/p-1. The van der Waals surface area contributed by atoms with Crippen molar-refractivity contribution in [3.63, 3.8) is 0 Å². The van der Waals surface area contributed by atoms with E-state index in [1.165, 1.54) is 4.17 Å². The second-order valence-electron chi connectivity index (χ2n) is 3.98. The summed E-state index contributed by atoms with van der Waals surface area (Å²) in [5.41, 5.74) is 0. The third-order valence-corrected chi connectivity index (χ3v) is 2.88. The van der Waals surface area contributed by atoms with Gasteiger partial charge in [0.1, 0.15) is 0 Å². The molecule has 0 heterocycles. The van der Waals surface area contributed by atoms with Crippen molar-refractivity contribution in [2.45, 2.75) is 6.42 Å². The SMILES string of the molecule is CP(C)C.CP(C)C.[Cl][Ru][C]1=CC=CC1. The van der Waals surface area contributed by atoms with Crippen molar-refractivity contribution in [3.05, 3.63) is 22.4 Å². The Labute approximate surface area is 110 Å². The van der Waals surface area contributed by atoms with Crippen LogP contribution in [0.25, 0.3) is 0 Å². The molecule has 0 atom stereocenters. The predicted molar refractivity (Wildman–Crippen MR) is 77.1 cm³/mol. The second-order valence-corrected chi connectivity index (χ2v) is 11.6. The second kappa shape index (κ2) is 13.3. The average molecular weight is 354 g/mol. The molecule has 0 aromatic heterocycles. The fourth-order valence-corrected chi connectivity index (χ4v) is 1.67. The van der Waals surface area contributed by atoms with E-state index < -0.39 is 0 Å². The zero-order valence-corrected chi connectivity index (χ0v) is 14.8. The minimum absolute atomic E-state index is 0.0225. The van der Waals surface area contributed by atoms with Gasteiger partial charge in [0.05, 0.1) is 0 Å². The molecule has 1 aliphatic carbocycles. The zero-order chi connectivity index (χ0) is 12.3. The van der Waals surface area contributed by atoms with Gasteiger partial charge >= 0.3 is 54.6 Å². The number of allylic oxidation sites excluding steroid dienone is 4. The minimum atomic E-state index is 0.0225. The van der Waals surface area contributed by atoms with E-state index in [9.17, 15) is 0 Å². The van der Waals surface area contributed by atoms with E-state index in [4.69, 9.17) is 9.69 Å². The summed E-state index contributed by atoms with van der Waals surface area (Å²) in [7, 11) is 6.35. The molecule has 0 saturated heterocycles. The average Bonchev–Trinajstić information content (AvgIpc) is 2.52. The van der Waals surface area contributed by atoms with Crippen molar-refractivity contribution in [1.29, 1.82) is 0 Å². The van der Waals surface area contributed by atoms with Gasteiger partial charge in [-0.1, -0.05) is 0 Å². The van der Waals surface area contributed by atoms with E-state index in [0.29, 0.717) is 15.8 Å². The van der Waals surface area contributed by atoms with Crippen LogP contribution in [-0.2, 0) is 16.1 Å². The molecule has 0 aliphatic heterocycles. The maximum atomic E-state index is 5.59. The molecule has 0 spiro atoms. The number of hydrogen-bond donors (Lipinski definition) is 0. The molecule has 0 aromatic rings. The van der Waals surface area contributed by atoms with Crippen LogP contribution >= 0.6 is 25.5 Å². The van der Waals surface area contributed by atoms with E-state index in [0.717, 1.165) is 6.42 Å². The molecule has 0 fully saturated rings. The van der Waals surface area contributed by atoms with Crippen molar-refractivity contribution in [2.24, 2.45) is 0 Å². The zero-order valence-electron chi connectivity index (χ0n) is 10.6. The first-order chi connectivity index (χ1) is 6.90. The van der Waals surface area contributed by atoms with Crippen LogP contribution in [0.3, 0.4) is 0 Å². The fraction of sp³-hybridized carbons (Fsp3) is 0.636. The van der Waals surface area contributed by atoms with Crippen molar-refractivity contribution >= 4 is 25.5 Å². The quantitative estimate of drug-likeness (QED) is 0.470. The summed E-state index contributed by atoms with van der Waals surface area (Å²) >= 11 is 0.0225. The molecular formula is C11H23ClP2Ru. The van der Waals surface area contributed by atoms with Gasteiger partial charge in [-0.3, -0.25) is 0 Å². The third-order valence-electron chi connectivity index (χ3n) is 0.803. The molecule has 0 nitrogen and oxygen atoms in total. The Morgan fingerprint density at radius 1 is 1.07 bits per heavy atom. The van der Waals surface area contributed by atoms with Gasteiger partial charge in [0.15, 0.2) is 0 Å². The molecule has 92 valence electrons. The topological polar surface area (TPSA) is 0 Å². The Balaban J connectivity index is 0. The molecule has 0 amide bonds. The maximum absolute atomic E-state index is 5.59. The molecule has 0 saturated carbocycles. The van der Waals surface area contributed by atoms with Crippen LogP contribution in [0.1, 0.15) is 6.42 Å². The Hall–Kier alpha value is 1.25. The molecule has 4 heteroatoms. The Morgan fingerprint density at radius 2 is 1.47 bits per heavy atom. The number of rotatable bonds is 1. The summed E-state index contributed by atoms with van der Waals surface area (Å²) in [6.07, 6.45) is 7.39. The first-order valence-electron chi connectivity index (χ1n) is 4.71. The Kier molecular flexibility index (Phi) is 16.5. The van der Waals surface area contributed by atoms with Crippen molar-refractivity contribution in [2.75, 3.05) is 40.0 Å². The molecule has 0 aromatic carbocycles. The summed E-state index contributed by atoms with van der Waals surface area (Å²) in [4.78, 5) is 0. The molecule has 0 N–H and O–H groups in total. The van der Waals surface area contributed by atoms with Crippen LogP contribution < -0.4 is 0 Å². The van der Waals surface area contributed by atoms with E-state index in [2.05, 4.69) is 58.2 Å². The summed E-state index contributed by atoms with van der Waals surface area (Å²) in [6.45, 7) is 13.4. The third kappa shape index (κ3) is 25.5. The molecule has 0 radical (unpaired) electrons. The van der Waals surface area contributed by atoms with Crippen LogP contribution in [0, 0.1) is 0 Å². The van der Waals surface area contributed by atoms with Crippen LogP contribution in [0.2, 0.25) is 0 Å². The monoisotopic (exact) mass is 354 g/mol.